The van der Waals surface area contributed by atoms with Gasteiger partial charge in [0.15, 0.2) is 0 Å². The number of alkyl halides is 5. The third kappa shape index (κ3) is 5.92. The van der Waals surface area contributed by atoms with Crippen molar-refractivity contribution in [1.82, 2.24) is 0 Å². The van der Waals surface area contributed by atoms with Crippen LogP contribution in [-0.2, 0) is 12.3 Å². The lowest BCUT2D eigenvalue weighted by Crippen LogP contribution is -2.24. The molecule has 0 aliphatic carbocycles. The minimum atomic E-state index is -4.87. The number of hydrogen-bond donors (Lipinski definition) is 1. The van der Waals surface area contributed by atoms with Gasteiger partial charge in [-0.25, -0.2) is 0 Å². The Morgan fingerprint density at radius 1 is 0.889 bits per heavy atom. The molecule has 27 heavy (non-hydrogen) atoms. The average molecular weight is 388 g/mol. The van der Waals surface area contributed by atoms with E-state index in [9.17, 15) is 27.1 Å². The summed E-state index contributed by atoms with van der Waals surface area (Å²) in [5.41, 5.74) is 0.373. The lowest BCUT2D eigenvalue weighted by molar-refractivity contribution is -0.274. The summed E-state index contributed by atoms with van der Waals surface area (Å²) in [5.74, 6) is -4.13. The van der Waals surface area contributed by atoms with Gasteiger partial charge in [-0.15, -0.1) is 13.2 Å². The minimum Gasteiger partial charge on any atom is -0.406 e. The average Bonchev–Trinajstić information content (AvgIpc) is 2.61. The minimum absolute atomic E-state index is 0.207. The van der Waals surface area contributed by atoms with Crippen LogP contribution in [0.5, 0.6) is 5.75 Å². The van der Waals surface area contributed by atoms with Gasteiger partial charge in [0.05, 0.1) is 0 Å². The fraction of sp³-hybridized carbons (Fsp3) is 0.400. The maximum Gasteiger partial charge on any atom is 0.573 e. The number of aliphatic hydroxyl groups is 1. The Morgan fingerprint density at radius 2 is 1.48 bits per heavy atom. The molecule has 0 aliphatic heterocycles. The fourth-order valence-electron chi connectivity index (χ4n) is 2.69. The van der Waals surface area contributed by atoms with Crippen molar-refractivity contribution < 1.29 is 31.8 Å². The Hall–Kier alpha value is -2.15. The van der Waals surface area contributed by atoms with Gasteiger partial charge < -0.3 is 9.84 Å². The highest BCUT2D eigenvalue weighted by Gasteiger charge is 2.41. The van der Waals surface area contributed by atoms with Gasteiger partial charge >= 0.3 is 12.3 Å². The normalized spacial score (nSPS) is 13.4. The molecule has 2 rings (SSSR count). The second-order valence-electron chi connectivity index (χ2n) is 6.30. The zero-order valence-corrected chi connectivity index (χ0v) is 14.8. The summed E-state index contributed by atoms with van der Waals surface area (Å²) in [6.45, 7) is 2.08. The quantitative estimate of drug-likeness (QED) is 0.435. The highest BCUT2D eigenvalue weighted by Crippen LogP contribution is 2.41. The fourth-order valence-corrected chi connectivity index (χ4v) is 2.69. The molecule has 0 radical (unpaired) electrons. The van der Waals surface area contributed by atoms with Crippen molar-refractivity contribution >= 4 is 0 Å². The van der Waals surface area contributed by atoms with Crippen LogP contribution in [0.1, 0.15) is 49.0 Å². The van der Waals surface area contributed by atoms with Crippen LogP contribution >= 0.6 is 0 Å². The molecule has 2 nitrogen and oxygen atoms in total. The molecule has 0 spiro atoms. The van der Waals surface area contributed by atoms with Crippen LogP contribution < -0.4 is 4.74 Å². The molecule has 0 heterocycles. The van der Waals surface area contributed by atoms with Gasteiger partial charge in [-0.05, 0) is 36.1 Å². The summed E-state index contributed by atoms with van der Waals surface area (Å²) in [4.78, 5) is 0. The Balaban J connectivity index is 2.10. The summed E-state index contributed by atoms with van der Waals surface area (Å²) >= 11 is 0. The molecule has 1 N–H and O–H groups in total. The van der Waals surface area contributed by atoms with Gasteiger partial charge in [0.25, 0.3) is 0 Å². The Bertz CT molecular complexity index is 709. The number of rotatable bonds is 8. The number of ether oxygens (including phenoxy) is 1. The first-order valence-electron chi connectivity index (χ1n) is 8.64. The third-order valence-electron chi connectivity index (χ3n) is 4.18. The van der Waals surface area contributed by atoms with E-state index < -0.39 is 24.1 Å². The van der Waals surface area contributed by atoms with Crippen molar-refractivity contribution in [3.05, 3.63) is 65.2 Å². The molecule has 148 valence electrons. The summed E-state index contributed by atoms with van der Waals surface area (Å²) in [7, 11) is 0. The van der Waals surface area contributed by atoms with Crippen molar-refractivity contribution in [2.45, 2.75) is 51.0 Å². The maximum atomic E-state index is 14.6. The van der Waals surface area contributed by atoms with Crippen LogP contribution in [0.2, 0.25) is 0 Å². The highest BCUT2D eigenvalue weighted by molar-refractivity contribution is 5.33. The number of hydrogen-bond acceptors (Lipinski definition) is 2. The smallest absolute Gasteiger partial charge is 0.406 e. The number of unbranched alkanes of at least 4 members (excludes halogenated alkanes) is 2. The molecule has 0 fully saturated rings. The molecular weight excluding hydrogens is 367 g/mol. The molecule has 0 amide bonds. The molecule has 0 bridgehead atoms. The molecule has 1 unspecified atom stereocenters. The third-order valence-corrected chi connectivity index (χ3v) is 4.18. The van der Waals surface area contributed by atoms with E-state index in [0.29, 0.717) is 0 Å². The van der Waals surface area contributed by atoms with Crippen molar-refractivity contribution in [2.75, 3.05) is 0 Å². The van der Waals surface area contributed by atoms with Crippen molar-refractivity contribution in [1.29, 1.82) is 0 Å². The van der Waals surface area contributed by atoms with Gasteiger partial charge in [-0.1, -0.05) is 56.2 Å². The van der Waals surface area contributed by atoms with E-state index in [1.54, 1.807) is 12.1 Å². The molecule has 0 saturated carbocycles. The summed E-state index contributed by atoms with van der Waals surface area (Å²) in [6.07, 6.45) is -3.17. The number of benzene rings is 2. The molecule has 2 aromatic rings. The zero-order chi connectivity index (χ0) is 20.1. The molecule has 0 aromatic heterocycles. The van der Waals surface area contributed by atoms with Crippen LogP contribution in [0.3, 0.4) is 0 Å². The number of halogens is 5. The standard InChI is InChI=1S/C20H21F5O2/c1-2-3-4-5-14-6-10-16(11-7-14)19(21,22)18(26)15-8-12-17(13-9-15)27-20(23,24)25/h6-13,18,26H,2-5H2,1H3. The number of aryl methyl sites for hydroxylation is 1. The van der Waals surface area contributed by atoms with Crippen LogP contribution in [0, 0.1) is 0 Å². The van der Waals surface area contributed by atoms with Crippen LogP contribution in [0.15, 0.2) is 48.5 Å². The van der Waals surface area contributed by atoms with Gasteiger partial charge in [0, 0.05) is 5.56 Å². The van der Waals surface area contributed by atoms with Crippen molar-refractivity contribution in [2.24, 2.45) is 0 Å². The van der Waals surface area contributed by atoms with E-state index in [1.165, 1.54) is 12.1 Å². The van der Waals surface area contributed by atoms with Crippen LogP contribution in [0.4, 0.5) is 22.0 Å². The van der Waals surface area contributed by atoms with E-state index in [1.807, 2.05) is 0 Å². The topological polar surface area (TPSA) is 29.5 Å². The van der Waals surface area contributed by atoms with Crippen molar-refractivity contribution in [3.8, 4) is 5.75 Å². The molecule has 0 aliphatic rings. The Morgan fingerprint density at radius 3 is 2.00 bits per heavy atom. The van der Waals surface area contributed by atoms with E-state index in [-0.39, 0.29) is 11.1 Å². The predicted molar refractivity (Wildman–Crippen MR) is 91.6 cm³/mol. The molecule has 0 saturated heterocycles. The lowest BCUT2D eigenvalue weighted by Gasteiger charge is -2.23. The van der Waals surface area contributed by atoms with E-state index in [0.717, 1.165) is 55.5 Å². The molecular formula is C20H21F5O2. The number of aliphatic hydroxyl groups excluding tert-OH is 1. The van der Waals surface area contributed by atoms with Gasteiger partial charge in [0.1, 0.15) is 11.9 Å². The molecule has 2 aromatic carbocycles. The predicted octanol–water partition coefficient (Wildman–Crippen LogP) is 6.14. The zero-order valence-electron chi connectivity index (χ0n) is 14.8. The summed E-state index contributed by atoms with van der Waals surface area (Å²) < 4.78 is 69.3. The highest BCUT2D eigenvalue weighted by atomic mass is 19.4. The Kier molecular flexibility index (Phi) is 6.81. The van der Waals surface area contributed by atoms with Gasteiger partial charge in [0.2, 0.25) is 0 Å². The summed E-state index contributed by atoms with van der Waals surface area (Å²) in [5, 5.41) is 10.1. The SMILES string of the molecule is CCCCCc1ccc(C(F)(F)C(O)c2ccc(OC(F)(F)F)cc2)cc1. The van der Waals surface area contributed by atoms with Crippen molar-refractivity contribution in [3.63, 3.8) is 0 Å². The first kappa shape index (κ1) is 21.2. The van der Waals surface area contributed by atoms with Gasteiger partial charge in [-0.3, -0.25) is 0 Å². The van der Waals surface area contributed by atoms with E-state index >= 15 is 0 Å². The van der Waals surface area contributed by atoms with Gasteiger partial charge in [-0.2, -0.15) is 8.78 Å². The maximum absolute atomic E-state index is 14.6. The molecule has 7 heteroatoms. The first-order chi connectivity index (χ1) is 12.6. The van der Waals surface area contributed by atoms with Crippen LogP contribution in [-0.4, -0.2) is 11.5 Å². The second kappa shape index (κ2) is 8.69. The van der Waals surface area contributed by atoms with E-state index in [4.69, 9.17) is 0 Å². The lowest BCUT2D eigenvalue weighted by atomic mass is 9.95. The summed E-state index contributed by atoms with van der Waals surface area (Å²) in [6, 6.07) is 9.49. The second-order valence-corrected chi connectivity index (χ2v) is 6.30. The monoisotopic (exact) mass is 388 g/mol. The molecule has 1 atom stereocenters. The largest absolute Gasteiger partial charge is 0.573 e. The van der Waals surface area contributed by atoms with E-state index in [2.05, 4.69) is 11.7 Å². The van der Waals surface area contributed by atoms with Crippen LogP contribution in [0.25, 0.3) is 0 Å². The first-order valence-corrected chi connectivity index (χ1v) is 8.64. The Labute approximate surface area is 154 Å².